The smallest absolute Gasteiger partial charge is 0.384 e. The SMILES string of the molecule is Nc1cc(C(F)(F)F)cc(NC2CCCNC2=O)n1. The van der Waals surface area contributed by atoms with Crippen LogP contribution in [0, 0.1) is 0 Å². The topological polar surface area (TPSA) is 80.0 Å². The van der Waals surface area contributed by atoms with E-state index in [4.69, 9.17) is 5.73 Å². The number of pyridine rings is 1. The molecular weight excluding hydrogens is 261 g/mol. The van der Waals surface area contributed by atoms with E-state index in [0.29, 0.717) is 13.0 Å². The Labute approximate surface area is 107 Å². The van der Waals surface area contributed by atoms with Crippen molar-refractivity contribution in [1.29, 1.82) is 0 Å². The summed E-state index contributed by atoms with van der Waals surface area (Å²) < 4.78 is 37.8. The van der Waals surface area contributed by atoms with E-state index in [0.717, 1.165) is 18.6 Å². The first-order chi connectivity index (χ1) is 8.86. The van der Waals surface area contributed by atoms with Crippen LogP contribution in [0.5, 0.6) is 0 Å². The number of piperidine rings is 1. The fourth-order valence-electron chi connectivity index (χ4n) is 1.88. The number of amides is 1. The standard InChI is InChI=1S/C11H13F3N4O/c12-11(13,14)6-4-8(15)18-9(5-6)17-7-2-1-3-16-10(7)19/h4-5,7H,1-3H2,(H,16,19)(H3,15,17,18). The summed E-state index contributed by atoms with van der Waals surface area (Å²) in [5, 5.41) is 5.31. The van der Waals surface area contributed by atoms with E-state index in [1.807, 2.05) is 0 Å². The molecule has 4 N–H and O–H groups in total. The van der Waals surface area contributed by atoms with Crippen LogP contribution in [0.1, 0.15) is 18.4 Å². The molecule has 1 fully saturated rings. The van der Waals surface area contributed by atoms with E-state index >= 15 is 0 Å². The lowest BCUT2D eigenvalue weighted by atomic mass is 10.1. The summed E-state index contributed by atoms with van der Waals surface area (Å²) in [5.74, 6) is -0.535. The minimum absolute atomic E-state index is 0.0469. The van der Waals surface area contributed by atoms with Gasteiger partial charge in [0.2, 0.25) is 5.91 Å². The Morgan fingerprint density at radius 2 is 2.16 bits per heavy atom. The van der Waals surface area contributed by atoms with Gasteiger partial charge in [-0.25, -0.2) is 4.98 Å². The second kappa shape index (κ2) is 4.94. The molecule has 1 aliphatic heterocycles. The average molecular weight is 274 g/mol. The van der Waals surface area contributed by atoms with Gasteiger partial charge in [-0.2, -0.15) is 13.2 Å². The lowest BCUT2D eigenvalue weighted by Gasteiger charge is -2.23. The number of halogens is 3. The van der Waals surface area contributed by atoms with Crippen molar-refractivity contribution in [2.24, 2.45) is 0 Å². The van der Waals surface area contributed by atoms with E-state index in [9.17, 15) is 18.0 Å². The number of anilines is 2. The van der Waals surface area contributed by atoms with Crippen molar-refractivity contribution in [1.82, 2.24) is 10.3 Å². The Balaban J connectivity index is 2.20. The Hall–Kier alpha value is -1.99. The predicted molar refractivity (Wildman–Crippen MR) is 63.3 cm³/mol. The number of hydrogen-bond donors (Lipinski definition) is 3. The number of carbonyl (C=O) groups is 1. The highest BCUT2D eigenvalue weighted by atomic mass is 19.4. The maximum Gasteiger partial charge on any atom is 0.416 e. The van der Waals surface area contributed by atoms with Crippen molar-refractivity contribution in [3.05, 3.63) is 17.7 Å². The Bertz CT molecular complexity index is 489. The quantitative estimate of drug-likeness (QED) is 0.761. The molecule has 1 aliphatic rings. The molecule has 0 aromatic carbocycles. The van der Waals surface area contributed by atoms with Gasteiger partial charge in [0.05, 0.1) is 5.56 Å². The zero-order valence-electron chi connectivity index (χ0n) is 9.92. The first-order valence-corrected chi connectivity index (χ1v) is 5.75. The maximum atomic E-state index is 12.6. The molecule has 2 rings (SSSR count). The molecule has 0 aliphatic carbocycles. The van der Waals surface area contributed by atoms with Gasteiger partial charge >= 0.3 is 6.18 Å². The lowest BCUT2D eigenvalue weighted by molar-refractivity contribution is -0.137. The molecular formula is C11H13F3N4O. The van der Waals surface area contributed by atoms with Gasteiger partial charge in [0.25, 0.3) is 0 Å². The molecule has 1 unspecified atom stereocenters. The minimum atomic E-state index is -4.50. The molecule has 8 heteroatoms. The van der Waals surface area contributed by atoms with Crippen LogP contribution in [0.3, 0.4) is 0 Å². The zero-order valence-corrected chi connectivity index (χ0v) is 9.92. The third kappa shape index (κ3) is 3.27. The highest BCUT2D eigenvalue weighted by Crippen LogP contribution is 2.31. The first-order valence-electron chi connectivity index (χ1n) is 5.75. The number of nitrogens with one attached hydrogen (secondary N) is 2. The summed E-state index contributed by atoms with van der Waals surface area (Å²) in [7, 11) is 0. The maximum absolute atomic E-state index is 12.6. The summed E-state index contributed by atoms with van der Waals surface area (Å²) >= 11 is 0. The Morgan fingerprint density at radius 1 is 1.42 bits per heavy atom. The van der Waals surface area contributed by atoms with Gasteiger partial charge in [-0.05, 0) is 25.0 Å². The van der Waals surface area contributed by atoms with Gasteiger partial charge in [0.15, 0.2) is 0 Å². The van der Waals surface area contributed by atoms with E-state index < -0.39 is 17.8 Å². The van der Waals surface area contributed by atoms with E-state index in [1.165, 1.54) is 0 Å². The predicted octanol–water partition coefficient (Wildman–Crippen LogP) is 1.37. The first kappa shape index (κ1) is 13.4. The molecule has 0 bridgehead atoms. The minimum Gasteiger partial charge on any atom is -0.384 e. The second-order valence-electron chi connectivity index (χ2n) is 4.29. The normalized spacial score (nSPS) is 19.9. The highest BCUT2D eigenvalue weighted by molar-refractivity contribution is 5.85. The van der Waals surface area contributed by atoms with E-state index in [1.54, 1.807) is 0 Å². The number of aromatic nitrogens is 1. The van der Waals surface area contributed by atoms with Crippen LogP contribution in [0.25, 0.3) is 0 Å². The number of rotatable bonds is 2. The summed E-state index contributed by atoms with van der Waals surface area (Å²) in [6.07, 6.45) is -3.19. The Morgan fingerprint density at radius 3 is 2.79 bits per heavy atom. The summed E-state index contributed by atoms with van der Waals surface area (Å²) in [6, 6.07) is 1.02. The van der Waals surface area contributed by atoms with E-state index in [-0.39, 0.29) is 17.5 Å². The van der Waals surface area contributed by atoms with Gasteiger partial charge in [0, 0.05) is 6.54 Å². The van der Waals surface area contributed by atoms with Crippen LogP contribution >= 0.6 is 0 Å². The molecule has 0 spiro atoms. The van der Waals surface area contributed by atoms with Gasteiger partial charge in [-0.1, -0.05) is 0 Å². The molecule has 1 atom stereocenters. The molecule has 0 radical (unpaired) electrons. The van der Waals surface area contributed by atoms with Crippen LogP contribution in [-0.2, 0) is 11.0 Å². The molecule has 1 aromatic rings. The number of hydrogen-bond acceptors (Lipinski definition) is 4. The molecule has 1 amide bonds. The fourth-order valence-corrected chi connectivity index (χ4v) is 1.88. The van der Waals surface area contributed by atoms with Crippen LogP contribution in [0.15, 0.2) is 12.1 Å². The number of nitrogens with two attached hydrogens (primary N) is 1. The van der Waals surface area contributed by atoms with Gasteiger partial charge in [0.1, 0.15) is 17.7 Å². The molecule has 1 aromatic heterocycles. The number of alkyl halides is 3. The monoisotopic (exact) mass is 274 g/mol. The van der Waals surface area contributed by atoms with Gasteiger partial charge in [-0.15, -0.1) is 0 Å². The molecule has 19 heavy (non-hydrogen) atoms. The number of nitrogen functional groups attached to an aromatic ring is 1. The highest BCUT2D eigenvalue weighted by Gasteiger charge is 2.32. The summed E-state index contributed by atoms with van der Waals surface area (Å²) in [5.41, 5.74) is 4.45. The van der Waals surface area contributed by atoms with Crippen molar-refractivity contribution in [3.63, 3.8) is 0 Å². The van der Waals surface area contributed by atoms with Crippen LogP contribution in [-0.4, -0.2) is 23.5 Å². The zero-order chi connectivity index (χ0) is 14.0. The van der Waals surface area contributed by atoms with Crippen LogP contribution in [0.2, 0.25) is 0 Å². The summed E-state index contributed by atoms with van der Waals surface area (Å²) in [6.45, 7) is 0.579. The second-order valence-corrected chi connectivity index (χ2v) is 4.29. The van der Waals surface area contributed by atoms with Crippen molar-refractivity contribution >= 4 is 17.5 Å². The van der Waals surface area contributed by atoms with Crippen molar-refractivity contribution in [2.75, 3.05) is 17.6 Å². The van der Waals surface area contributed by atoms with Gasteiger partial charge in [-0.3, -0.25) is 4.79 Å². The van der Waals surface area contributed by atoms with Crippen molar-refractivity contribution in [2.45, 2.75) is 25.1 Å². The summed E-state index contributed by atoms with van der Waals surface area (Å²) in [4.78, 5) is 15.3. The average Bonchev–Trinajstić information content (AvgIpc) is 2.30. The lowest BCUT2D eigenvalue weighted by Crippen LogP contribution is -2.44. The number of nitrogens with zero attached hydrogens (tertiary/aromatic N) is 1. The molecule has 2 heterocycles. The van der Waals surface area contributed by atoms with Gasteiger partial charge < -0.3 is 16.4 Å². The fraction of sp³-hybridized carbons (Fsp3) is 0.455. The van der Waals surface area contributed by atoms with Crippen molar-refractivity contribution < 1.29 is 18.0 Å². The van der Waals surface area contributed by atoms with Crippen LogP contribution < -0.4 is 16.4 Å². The van der Waals surface area contributed by atoms with Crippen LogP contribution in [0.4, 0.5) is 24.8 Å². The Kier molecular flexibility index (Phi) is 3.50. The number of carbonyl (C=O) groups excluding carboxylic acids is 1. The van der Waals surface area contributed by atoms with E-state index in [2.05, 4.69) is 15.6 Å². The third-order valence-corrected chi connectivity index (χ3v) is 2.78. The molecule has 104 valence electrons. The molecule has 0 saturated carbocycles. The molecule has 5 nitrogen and oxygen atoms in total. The largest absolute Gasteiger partial charge is 0.416 e. The molecule has 1 saturated heterocycles. The van der Waals surface area contributed by atoms with Crippen molar-refractivity contribution in [3.8, 4) is 0 Å². The third-order valence-electron chi connectivity index (χ3n) is 2.78.